The molecule has 1 aliphatic heterocycles. The number of carbonyl (C=O) groups is 2. The van der Waals surface area contributed by atoms with Crippen LogP contribution in [0.1, 0.15) is 13.8 Å². The molecule has 0 aromatic carbocycles. The summed E-state index contributed by atoms with van der Waals surface area (Å²) in [4.78, 5) is 30.1. The minimum atomic E-state index is -0.722. The van der Waals surface area contributed by atoms with Crippen LogP contribution in [0.4, 0.5) is 5.69 Å². The van der Waals surface area contributed by atoms with Gasteiger partial charge in [-0.3, -0.25) is 14.5 Å². The Kier molecular flexibility index (Phi) is 6.10. The Morgan fingerprint density at radius 3 is 2.58 bits per heavy atom. The summed E-state index contributed by atoms with van der Waals surface area (Å²) >= 11 is 0. The smallest absolute Gasteiger partial charge is 0.313 e. The van der Waals surface area contributed by atoms with Crippen molar-refractivity contribution in [2.75, 3.05) is 45.3 Å². The monoisotopic (exact) mass is 336 g/mol. The van der Waals surface area contributed by atoms with Gasteiger partial charge in [-0.15, -0.1) is 0 Å². The first kappa shape index (κ1) is 18.2. The summed E-state index contributed by atoms with van der Waals surface area (Å²) in [6, 6.07) is 3.23. The Balaban J connectivity index is 1.83. The van der Waals surface area contributed by atoms with Crippen molar-refractivity contribution in [2.24, 2.45) is 0 Å². The molecule has 2 amide bonds. The van der Waals surface area contributed by atoms with Gasteiger partial charge in [0.25, 0.3) is 0 Å². The molecule has 24 heavy (non-hydrogen) atoms. The zero-order chi connectivity index (χ0) is 17.6. The summed E-state index contributed by atoms with van der Waals surface area (Å²) in [7, 11) is 1.50. The second kappa shape index (κ2) is 8.07. The number of amides is 2. The first-order valence-electron chi connectivity index (χ1n) is 7.84. The average molecular weight is 336 g/mol. The molecule has 132 valence electrons. The summed E-state index contributed by atoms with van der Waals surface area (Å²) < 4.78 is 10.3. The Hall–Kier alpha value is -2.19. The van der Waals surface area contributed by atoms with E-state index in [9.17, 15) is 9.59 Å². The average Bonchev–Trinajstić information content (AvgIpc) is 2.61. The van der Waals surface area contributed by atoms with Crippen molar-refractivity contribution in [1.29, 1.82) is 0 Å². The number of anilines is 1. The predicted molar refractivity (Wildman–Crippen MR) is 88.9 cm³/mol. The standard InChI is InChI=1S/C16H24N4O4/c1-16(2,20-6-8-24-9-7-20)11-18-14(21)15(22)19-12-4-5-13(23-3)17-10-12/h4-5,10H,6-9,11H2,1-3H3,(H,18,21)(H,19,22). The molecule has 0 unspecified atom stereocenters. The molecule has 8 nitrogen and oxygen atoms in total. The topological polar surface area (TPSA) is 92.8 Å². The maximum atomic E-state index is 12.0. The number of aromatic nitrogens is 1. The van der Waals surface area contributed by atoms with Gasteiger partial charge in [0.1, 0.15) is 0 Å². The molecule has 0 aliphatic carbocycles. The third-order valence-corrected chi connectivity index (χ3v) is 3.96. The third kappa shape index (κ3) is 4.90. The van der Waals surface area contributed by atoms with Crippen molar-refractivity contribution in [3.05, 3.63) is 18.3 Å². The molecule has 2 N–H and O–H groups in total. The number of rotatable bonds is 5. The quantitative estimate of drug-likeness (QED) is 0.749. The Morgan fingerprint density at radius 1 is 1.29 bits per heavy atom. The molecule has 1 fully saturated rings. The zero-order valence-corrected chi connectivity index (χ0v) is 14.3. The fourth-order valence-corrected chi connectivity index (χ4v) is 2.42. The molecule has 0 bridgehead atoms. The number of nitrogens with zero attached hydrogens (tertiary/aromatic N) is 2. The number of hydrogen-bond acceptors (Lipinski definition) is 6. The molecule has 2 heterocycles. The largest absolute Gasteiger partial charge is 0.481 e. The molecule has 0 radical (unpaired) electrons. The lowest BCUT2D eigenvalue weighted by atomic mass is 10.0. The van der Waals surface area contributed by atoms with E-state index in [-0.39, 0.29) is 5.54 Å². The number of morpholine rings is 1. The first-order valence-corrected chi connectivity index (χ1v) is 7.84. The number of hydrogen-bond donors (Lipinski definition) is 2. The van der Waals surface area contributed by atoms with E-state index < -0.39 is 11.8 Å². The Labute approximate surface area is 141 Å². The van der Waals surface area contributed by atoms with Crippen LogP contribution in [0.25, 0.3) is 0 Å². The first-order chi connectivity index (χ1) is 11.4. The molecule has 8 heteroatoms. The molecule has 1 aliphatic rings. The molecule has 0 saturated carbocycles. The number of nitrogens with one attached hydrogen (secondary N) is 2. The van der Waals surface area contributed by atoms with Gasteiger partial charge in [-0.1, -0.05) is 0 Å². The highest BCUT2D eigenvalue weighted by Gasteiger charge is 2.29. The van der Waals surface area contributed by atoms with Crippen LogP contribution in [-0.2, 0) is 14.3 Å². The van der Waals surface area contributed by atoms with E-state index in [1.54, 1.807) is 12.1 Å². The van der Waals surface area contributed by atoms with Crippen molar-refractivity contribution in [2.45, 2.75) is 19.4 Å². The van der Waals surface area contributed by atoms with Gasteiger partial charge in [0.05, 0.1) is 32.2 Å². The van der Waals surface area contributed by atoms with Gasteiger partial charge >= 0.3 is 11.8 Å². The predicted octanol–water partition coefficient (Wildman–Crippen LogP) is 0.256. The summed E-state index contributed by atoms with van der Waals surface area (Å²) in [5.74, 6) is -0.961. The van der Waals surface area contributed by atoms with Crippen LogP contribution in [0, 0.1) is 0 Å². The van der Waals surface area contributed by atoms with Gasteiger partial charge in [-0.05, 0) is 19.9 Å². The highest BCUT2D eigenvalue weighted by Crippen LogP contribution is 2.15. The summed E-state index contributed by atoms with van der Waals surface area (Å²) in [6.07, 6.45) is 1.43. The fraction of sp³-hybridized carbons (Fsp3) is 0.562. The molecular weight excluding hydrogens is 312 g/mol. The van der Waals surface area contributed by atoms with Gasteiger partial charge < -0.3 is 20.1 Å². The fourth-order valence-electron chi connectivity index (χ4n) is 2.42. The Bertz CT molecular complexity index is 568. The van der Waals surface area contributed by atoms with Gasteiger partial charge in [0.15, 0.2) is 0 Å². The van der Waals surface area contributed by atoms with Crippen LogP contribution >= 0.6 is 0 Å². The number of ether oxygens (including phenoxy) is 2. The van der Waals surface area contributed by atoms with Crippen molar-refractivity contribution >= 4 is 17.5 Å². The lowest BCUT2D eigenvalue weighted by Crippen LogP contribution is -2.56. The summed E-state index contributed by atoms with van der Waals surface area (Å²) in [5.41, 5.74) is 0.185. The van der Waals surface area contributed by atoms with E-state index >= 15 is 0 Å². The molecule has 1 saturated heterocycles. The van der Waals surface area contributed by atoms with Crippen molar-refractivity contribution in [1.82, 2.24) is 15.2 Å². The second-order valence-electron chi connectivity index (χ2n) is 6.14. The molecular formula is C16H24N4O4. The van der Waals surface area contributed by atoms with E-state index in [1.165, 1.54) is 13.3 Å². The normalized spacial score (nSPS) is 15.6. The minimum Gasteiger partial charge on any atom is -0.481 e. The maximum absolute atomic E-state index is 12.0. The molecule has 1 aromatic rings. The molecule has 2 rings (SSSR count). The molecule has 1 aromatic heterocycles. The van der Waals surface area contributed by atoms with Gasteiger partial charge in [0.2, 0.25) is 5.88 Å². The van der Waals surface area contributed by atoms with Crippen LogP contribution in [-0.4, -0.2) is 67.2 Å². The van der Waals surface area contributed by atoms with Gasteiger partial charge in [-0.25, -0.2) is 4.98 Å². The highest BCUT2D eigenvalue weighted by molar-refractivity contribution is 6.39. The van der Waals surface area contributed by atoms with Gasteiger partial charge in [0, 0.05) is 31.2 Å². The molecule has 0 atom stereocenters. The van der Waals surface area contributed by atoms with E-state index in [4.69, 9.17) is 9.47 Å². The van der Waals surface area contributed by atoms with Crippen LogP contribution < -0.4 is 15.4 Å². The van der Waals surface area contributed by atoms with Crippen molar-refractivity contribution < 1.29 is 19.1 Å². The van der Waals surface area contributed by atoms with Gasteiger partial charge in [-0.2, -0.15) is 0 Å². The zero-order valence-electron chi connectivity index (χ0n) is 14.3. The number of methoxy groups -OCH3 is 1. The lowest BCUT2D eigenvalue weighted by molar-refractivity contribution is -0.136. The van der Waals surface area contributed by atoms with E-state index in [1.807, 2.05) is 13.8 Å². The van der Waals surface area contributed by atoms with Crippen LogP contribution in [0.2, 0.25) is 0 Å². The number of carbonyl (C=O) groups excluding carboxylic acids is 2. The molecule has 0 spiro atoms. The summed E-state index contributed by atoms with van der Waals surface area (Å²) in [5, 5.41) is 5.19. The van der Waals surface area contributed by atoms with Crippen molar-refractivity contribution in [3.8, 4) is 5.88 Å². The van der Waals surface area contributed by atoms with Crippen LogP contribution in [0.3, 0.4) is 0 Å². The van der Waals surface area contributed by atoms with E-state index in [2.05, 4.69) is 20.5 Å². The highest BCUT2D eigenvalue weighted by atomic mass is 16.5. The third-order valence-electron chi connectivity index (χ3n) is 3.96. The SMILES string of the molecule is COc1ccc(NC(=O)C(=O)NCC(C)(C)N2CCOCC2)cn1. The van der Waals surface area contributed by atoms with E-state index in [0.29, 0.717) is 31.3 Å². The van der Waals surface area contributed by atoms with Crippen LogP contribution in [0.5, 0.6) is 5.88 Å². The van der Waals surface area contributed by atoms with Crippen LogP contribution in [0.15, 0.2) is 18.3 Å². The number of pyridine rings is 1. The lowest BCUT2D eigenvalue weighted by Gasteiger charge is -2.40. The minimum absolute atomic E-state index is 0.249. The Morgan fingerprint density at radius 2 is 2.00 bits per heavy atom. The maximum Gasteiger partial charge on any atom is 0.313 e. The second-order valence-corrected chi connectivity index (χ2v) is 6.14. The summed E-state index contributed by atoms with van der Waals surface area (Å²) in [6.45, 7) is 7.43. The van der Waals surface area contributed by atoms with Crippen molar-refractivity contribution in [3.63, 3.8) is 0 Å². The van der Waals surface area contributed by atoms with E-state index in [0.717, 1.165) is 13.1 Å².